The van der Waals surface area contributed by atoms with E-state index in [1.54, 1.807) is 56.3 Å². The summed E-state index contributed by atoms with van der Waals surface area (Å²) in [6.45, 7) is 10.4. The second-order valence-corrected chi connectivity index (χ2v) is 13.1. The van der Waals surface area contributed by atoms with Gasteiger partial charge in [-0.25, -0.2) is 8.42 Å². The van der Waals surface area contributed by atoms with E-state index in [0.717, 1.165) is 15.4 Å². The van der Waals surface area contributed by atoms with Gasteiger partial charge in [0.2, 0.25) is 11.8 Å². The molecule has 0 aliphatic heterocycles. The summed E-state index contributed by atoms with van der Waals surface area (Å²) in [6.07, 6.45) is 0.292. The molecule has 0 saturated heterocycles. The fourth-order valence-electron chi connectivity index (χ4n) is 4.59. The molecule has 7 nitrogen and oxygen atoms in total. The van der Waals surface area contributed by atoms with E-state index in [1.165, 1.54) is 17.0 Å². The summed E-state index contributed by atoms with van der Waals surface area (Å²) in [6, 6.07) is 15.8. The first kappa shape index (κ1) is 32.4. The lowest BCUT2D eigenvalue weighted by atomic mass is 10.1. The van der Waals surface area contributed by atoms with Crippen molar-refractivity contribution in [3.63, 3.8) is 0 Å². The molecular formula is C31H37Cl2N3O4S. The highest BCUT2D eigenvalue weighted by Crippen LogP contribution is 2.30. The van der Waals surface area contributed by atoms with Gasteiger partial charge in [0.1, 0.15) is 12.6 Å². The highest BCUT2D eigenvalue weighted by Gasteiger charge is 2.35. The summed E-state index contributed by atoms with van der Waals surface area (Å²) in [5.41, 5.74) is 3.40. The zero-order chi connectivity index (χ0) is 30.5. The molecule has 41 heavy (non-hydrogen) atoms. The van der Waals surface area contributed by atoms with Gasteiger partial charge >= 0.3 is 0 Å². The van der Waals surface area contributed by atoms with E-state index in [9.17, 15) is 18.0 Å². The fraction of sp³-hybridized carbons (Fsp3) is 0.355. The first-order valence-electron chi connectivity index (χ1n) is 13.5. The minimum atomic E-state index is -4.16. The average molecular weight is 619 g/mol. The number of hydrogen-bond donors (Lipinski definition) is 1. The predicted octanol–water partition coefficient (Wildman–Crippen LogP) is 6.45. The molecule has 1 N–H and O–H groups in total. The first-order chi connectivity index (χ1) is 19.3. The van der Waals surface area contributed by atoms with Crippen LogP contribution in [0.4, 0.5) is 5.69 Å². The molecule has 0 fully saturated rings. The third-order valence-corrected chi connectivity index (χ3v) is 9.20. The number of carbonyl (C=O) groups excluding carboxylic acids is 2. The Kier molecular flexibility index (Phi) is 10.9. The van der Waals surface area contributed by atoms with Gasteiger partial charge in [-0.05, 0) is 76.9 Å². The van der Waals surface area contributed by atoms with E-state index in [2.05, 4.69) is 5.32 Å². The summed E-state index contributed by atoms with van der Waals surface area (Å²) >= 11 is 12.9. The number of rotatable bonds is 11. The molecule has 0 saturated carbocycles. The third-order valence-electron chi connectivity index (χ3n) is 6.72. The number of amides is 2. The highest BCUT2D eigenvalue weighted by molar-refractivity contribution is 7.92. The minimum absolute atomic E-state index is 0.0566. The average Bonchev–Trinajstić information content (AvgIpc) is 2.89. The first-order valence-corrected chi connectivity index (χ1v) is 15.6. The van der Waals surface area contributed by atoms with Crippen molar-refractivity contribution in [3.05, 3.63) is 93.0 Å². The maximum atomic E-state index is 14.2. The standard InChI is InChI=1S/C31H37Cl2N3O4S/c1-7-28(31(38)34-20(2)3)35(18-25-26(32)9-8-10-27(25)33)30(37)19-36(29-16-13-22(5)17-23(29)6)41(39,40)24-14-11-21(4)12-15-24/h8-17,20,28H,7,18-19H2,1-6H3,(H,34,38)/t28-/m0/s1. The van der Waals surface area contributed by atoms with Crippen LogP contribution in [0.2, 0.25) is 10.0 Å². The predicted molar refractivity (Wildman–Crippen MR) is 166 cm³/mol. The van der Waals surface area contributed by atoms with Crippen molar-refractivity contribution < 1.29 is 18.0 Å². The summed E-state index contributed by atoms with van der Waals surface area (Å²) in [4.78, 5) is 28.9. The quantitative estimate of drug-likeness (QED) is 0.268. The molecule has 3 aromatic rings. The van der Waals surface area contributed by atoms with Gasteiger partial charge in [-0.2, -0.15) is 0 Å². The Labute approximate surface area is 253 Å². The number of carbonyl (C=O) groups is 2. The Morgan fingerprint density at radius 3 is 2.02 bits per heavy atom. The fourth-order valence-corrected chi connectivity index (χ4v) is 6.59. The number of sulfonamides is 1. The Bertz CT molecular complexity index is 1490. The van der Waals surface area contributed by atoms with Crippen LogP contribution in [-0.4, -0.2) is 43.8 Å². The third kappa shape index (κ3) is 7.82. The second-order valence-electron chi connectivity index (χ2n) is 10.4. The van der Waals surface area contributed by atoms with Crippen LogP contribution in [-0.2, 0) is 26.2 Å². The van der Waals surface area contributed by atoms with Crippen molar-refractivity contribution >= 4 is 50.7 Å². The largest absolute Gasteiger partial charge is 0.352 e. The van der Waals surface area contributed by atoms with Gasteiger partial charge in [0.25, 0.3) is 10.0 Å². The van der Waals surface area contributed by atoms with E-state index in [-0.39, 0.29) is 23.4 Å². The van der Waals surface area contributed by atoms with E-state index < -0.39 is 28.5 Å². The molecule has 1 atom stereocenters. The van der Waals surface area contributed by atoms with Gasteiger partial charge in [-0.1, -0.05) is 71.6 Å². The summed E-state index contributed by atoms with van der Waals surface area (Å²) < 4.78 is 29.2. The molecule has 220 valence electrons. The van der Waals surface area contributed by atoms with Gasteiger partial charge < -0.3 is 10.2 Å². The van der Waals surface area contributed by atoms with E-state index in [1.807, 2.05) is 33.8 Å². The van der Waals surface area contributed by atoms with E-state index in [4.69, 9.17) is 23.2 Å². The molecule has 0 radical (unpaired) electrons. The van der Waals surface area contributed by atoms with Crippen LogP contribution >= 0.6 is 23.2 Å². The molecule has 0 bridgehead atoms. The summed E-state index contributed by atoms with van der Waals surface area (Å²) in [5, 5.41) is 3.56. The van der Waals surface area contributed by atoms with E-state index >= 15 is 0 Å². The monoisotopic (exact) mass is 617 g/mol. The molecule has 0 spiro atoms. The SMILES string of the molecule is CC[C@@H](C(=O)NC(C)C)N(Cc1c(Cl)cccc1Cl)C(=O)CN(c1ccc(C)cc1C)S(=O)(=O)c1ccc(C)cc1. The van der Waals surface area contributed by atoms with Gasteiger partial charge in [0.05, 0.1) is 10.6 Å². The Balaban J connectivity index is 2.14. The maximum Gasteiger partial charge on any atom is 0.264 e. The number of benzene rings is 3. The van der Waals surface area contributed by atoms with Crippen LogP contribution in [0.15, 0.2) is 65.6 Å². The molecule has 0 aliphatic rings. The van der Waals surface area contributed by atoms with Crippen LogP contribution in [0.3, 0.4) is 0 Å². The Hall–Kier alpha value is -3.07. The highest BCUT2D eigenvalue weighted by atomic mass is 35.5. The number of aryl methyl sites for hydroxylation is 3. The molecule has 10 heteroatoms. The molecule has 0 heterocycles. The lowest BCUT2D eigenvalue weighted by molar-refractivity contribution is -0.140. The topological polar surface area (TPSA) is 86.8 Å². The second kappa shape index (κ2) is 13.7. The van der Waals surface area contributed by atoms with Crippen LogP contribution in [0.1, 0.15) is 49.4 Å². The van der Waals surface area contributed by atoms with Crippen molar-refractivity contribution in [1.29, 1.82) is 0 Å². The number of halogens is 2. The van der Waals surface area contributed by atoms with Crippen molar-refractivity contribution in [2.24, 2.45) is 0 Å². The smallest absolute Gasteiger partial charge is 0.264 e. The molecular weight excluding hydrogens is 581 g/mol. The Morgan fingerprint density at radius 1 is 0.902 bits per heavy atom. The molecule has 3 rings (SSSR count). The lowest BCUT2D eigenvalue weighted by Crippen LogP contribution is -2.53. The normalized spacial score (nSPS) is 12.2. The van der Waals surface area contributed by atoms with Crippen LogP contribution in [0.5, 0.6) is 0 Å². The van der Waals surface area contributed by atoms with E-state index in [0.29, 0.717) is 33.3 Å². The molecule has 2 amide bonds. The van der Waals surface area contributed by atoms with Crippen molar-refractivity contribution in [2.45, 2.75) is 71.5 Å². The minimum Gasteiger partial charge on any atom is -0.352 e. The van der Waals surface area contributed by atoms with Crippen molar-refractivity contribution in [1.82, 2.24) is 10.2 Å². The molecule has 0 unspecified atom stereocenters. The van der Waals surface area contributed by atoms with Gasteiger partial charge in [0.15, 0.2) is 0 Å². The van der Waals surface area contributed by atoms with Crippen LogP contribution in [0.25, 0.3) is 0 Å². The summed E-state index contributed by atoms with van der Waals surface area (Å²) in [7, 11) is -4.16. The lowest BCUT2D eigenvalue weighted by Gasteiger charge is -2.34. The number of nitrogens with one attached hydrogen (secondary N) is 1. The number of nitrogens with zero attached hydrogens (tertiary/aromatic N) is 2. The van der Waals surface area contributed by atoms with Gasteiger partial charge in [-0.15, -0.1) is 0 Å². The van der Waals surface area contributed by atoms with Crippen molar-refractivity contribution in [2.75, 3.05) is 10.8 Å². The zero-order valence-corrected chi connectivity index (χ0v) is 26.6. The van der Waals surface area contributed by atoms with Crippen molar-refractivity contribution in [3.8, 4) is 0 Å². The van der Waals surface area contributed by atoms with Gasteiger partial charge in [-0.3, -0.25) is 13.9 Å². The van der Waals surface area contributed by atoms with Crippen LogP contribution in [0, 0.1) is 20.8 Å². The van der Waals surface area contributed by atoms with Gasteiger partial charge in [0, 0.05) is 28.2 Å². The zero-order valence-electron chi connectivity index (χ0n) is 24.2. The number of anilines is 1. The molecule has 0 aliphatic carbocycles. The number of hydrogen-bond acceptors (Lipinski definition) is 4. The maximum absolute atomic E-state index is 14.2. The van der Waals surface area contributed by atoms with Crippen LogP contribution < -0.4 is 9.62 Å². The summed E-state index contributed by atoms with van der Waals surface area (Å²) in [5.74, 6) is -0.916. The molecule has 3 aromatic carbocycles. The Morgan fingerprint density at radius 2 is 1.49 bits per heavy atom. The molecule has 0 aromatic heterocycles.